The maximum Gasteiger partial charge on any atom is 0.338 e. The highest BCUT2D eigenvalue weighted by molar-refractivity contribution is 6.32. The highest BCUT2D eigenvalue weighted by Crippen LogP contribution is 2.59. The van der Waals surface area contributed by atoms with Crippen LogP contribution in [0.3, 0.4) is 0 Å². The third-order valence-electron chi connectivity index (χ3n) is 7.02. The predicted molar refractivity (Wildman–Crippen MR) is 129 cm³/mol. The number of nitrogens with one attached hydrogen (secondary N) is 1. The second kappa shape index (κ2) is 9.18. The molecule has 3 fully saturated rings. The van der Waals surface area contributed by atoms with E-state index in [-0.39, 0.29) is 51.3 Å². The number of nitro groups is 1. The number of nitrogens with zero attached hydrogens (tertiary/aromatic N) is 2. The lowest BCUT2D eigenvalue weighted by Crippen LogP contribution is -2.37. The summed E-state index contributed by atoms with van der Waals surface area (Å²) in [5.41, 5.74) is 0.439. The molecule has 3 aliphatic rings. The van der Waals surface area contributed by atoms with Crippen molar-refractivity contribution in [2.45, 2.75) is 17.2 Å². The molecule has 1 N–H and O–H groups in total. The number of carbonyl (C=O) groups excluding carboxylic acids is 4. The van der Waals surface area contributed by atoms with Gasteiger partial charge >= 0.3 is 5.97 Å². The molecule has 36 heavy (non-hydrogen) atoms. The minimum absolute atomic E-state index is 0.114. The van der Waals surface area contributed by atoms with E-state index in [1.807, 2.05) is 0 Å². The lowest BCUT2D eigenvalue weighted by atomic mass is 9.80. The van der Waals surface area contributed by atoms with Crippen LogP contribution in [0.4, 0.5) is 17.1 Å². The lowest BCUT2D eigenvalue weighted by molar-refractivity contribution is -0.384. The topological polar surface area (TPSA) is 136 Å². The summed E-state index contributed by atoms with van der Waals surface area (Å²) in [5, 5.41) is 12.6. The van der Waals surface area contributed by atoms with Gasteiger partial charge in [0.15, 0.2) is 6.61 Å². The normalized spacial score (nSPS) is 28.2. The highest BCUT2D eigenvalue weighted by Gasteiger charge is 2.66. The van der Waals surface area contributed by atoms with Crippen molar-refractivity contribution in [3.05, 3.63) is 64.2 Å². The molecule has 186 valence electrons. The van der Waals surface area contributed by atoms with E-state index in [4.69, 9.17) is 27.9 Å². The van der Waals surface area contributed by atoms with Crippen LogP contribution >= 0.6 is 23.2 Å². The van der Waals surface area contributed by atoms with E-state index in [9.17, 15) is 29.3 Å². The van der Waals surface area contributed by atoms with Crippen LogP contribution in [-0.4, -0.2) is 46.0 Å². The van der Waals surface area contributed by atoms with Gasteiger partial charge in [-0.25, -0.2) is 4.79 Å². The van der Waals surface area contributed by atoms with Gasteiger partial charge in [-0.15, -0.1) is 23.2 Å². The third-order valence-corrected chi connectivity index (χ3v) is 8.34. The van der Waals surface area contributed by atoms with Gasteiger partial charge in [0.1, 0.15) is 0 Å². The Morgan fingerprint density at radius 3 is 2.22 bits per heavy atom. The monoisotopic (exact) mass is 531 g/mol. The average molecular weight is 532 g/mol. The molecule has 0 aromatic heterocycles. The van der Waals surface area contributed by atoms with Crippen molar-refractivity contribution in [3.8, 4) is 0 Å². The van der Waals surface area contributed by atoms with E-state index < -0.39 is 35.2 Å². The first-order valence-electron chi connectivity index (χ1n) is 11.1. The maximum absolute atomic E-state index is 13.1. The van der Waals surface area contributed by atoms with Crippen molar-refractivity contribution in [3.63, 3.8) is 0 Å². The van der Waals surface area contributed by atoms with Crippen LogP contribution < -0.4 is 10.2 Å². The van der Waals surface area contributed by atoms with Crippen LogP contribution in [0.15, 0.2) is 48.5 Å². The van der Waals surface area contributed by atoms with E-state index in [0.29, 0.717) is 12.1 Å². The smallest absolute Gasteiger partial charge is 0.338 e. The van der Waals surface area contributed by atoms with Crippen LogP contribution in [0.2, 0.25) is 0 Å². The van der Waals surface area contributed by atoms with Gasteiger partial charge in [0.25, 0.3) is 11.6 Å². The Balaban J connectivity index is 1.20. The Labute approximate surface area is 214 Å². The summed E-state index contributed by atoms with van der Waals surface area (Å²) in [6.45, 7) is -0.613. The van der Waals surface area contributed by atoms with Gasteiger partial charge in [0.2, 0.25) is 11.8 Å². The summed E-state index contributed by atoms with van der Waals surface area (Å²) in [6.07, 6.45) is 0.669. The molecule has 1 aliphatic heterocycles. The molecule has 0 unspecified atom stereocenters. The van der Waals surface area contributed by atoms with Crippen molar-refractivity contribution in [2.24, 2.45) is 23.7 Å². The number of alkyl halides is 2. The van der Waals surface area contributed by atoms with E-state index in [0.717, 1.165) is 4.90 Å². The number of esters is 1. The quantitative estimate of drug-likeness (QED) is 0.198. The molecule has 2 aliphatic carbocycles. The molecule has 10 nitrogen and oxygen atoms in total. The van der Waals surface area contributed by atoms with Crippen LogP contribution in [0.1, 0.15) is 16.8 Å². The van der Waals surface area contributed by atoms with Crippen LogP contribution in [0.25, 0.3) is 0 Å². The summed E-state index contributed by atoms with van der Waals surface area (Å²) < 4.78 is 5.01. The number of hydrogen-bond acceptors (Lipinski definition) is 7. The van der Waals surface area contributed by atoms with Crippen molar-refractivity contribution in [1.82, 2.24) is 0 Å². The second-order valence-corrected chi connectivity index (χ2v) is 10.0. The first-order valence-corrected chi connectivity index (χ1v) is 12.0. The number of hydrogen-bond donors (Lipinski definition) is 1. The predicted octanol–water partition coefficient (Wildman–Crippen LogP) is 3.36. The number of anilines is 2. The Hall–Kier alpha value is -3.50. The zero-order chi connectivity index (χ0) is 25.7. The molecule has 2 bridgehead atoms. The fourth-order valence-electron chi connectivity index (χ4n) is 5.46. The maximum atomic E-state index is 13.1. The number of halogens is 2. The van der Waals surface area contributed by atoms with Crippen molar-refractivity contribution in [1.29, 1.82) is 0 Å². The molecule has 12 heteroatoms. The van der Waals surface area contributed by atoms with E-state index in [1.165, 1.54) is 48.5 Å². The third kappa shape index (κ3) is 4.00. The van der Waals surface area contributed by atoms with Crippen molar-refractivity contribution >= 4 is 64.0 Å². The standard InChI is InChI=1S/C24H19Cl2N3O7/c25-20-15-9-16(21(20)26)19-18(15)22(31)28(23(19)32)13-6-4-11(5-7-13)24(33)36-10-17(30)27-12-2-1-3-14(8-12)29(34)35/h1-8,15-16,18-21H,9-10H2,(H,27,30)/t15-,16-,18-,19-,20+,21+/m1/s1. The Bertz CT molecular complexity index is 1250. The van der Waals surface area contributed by atoms with Gasteiger partial charge in [-0.2, -0.15) is 0 Å². The molecule has 5 rings (SSSR count). The Kier molecular flexibility index (Phi) is 6.17. The van der Waals surface area contributed by atoms with Crippen LogP contribution in [0, 0.1) is 33.8 Å². The van der Waals surface area contributed by atoms with Gasteiger partial charge in [-0.3, -0.25) is 29.4 Å². The second-order valence-electron chi connectivity index (χ2n) is 8.99. The number of ether oxygens (including phenoxy) is 1. The minimum Gasteiger partial charge on any atom is -0.452 e. The fraction of sp³-hybridized carbons (Fsp3) is 0.333. The summed E-state index contributed by atoms with van der Waals surface area (Å²) >= 11 is 12.8. The molecule has 3 amide bonds. The van der Waals surface area contributed by atoms with E-state index in [2.05, 4.69) is 5.32 Å². The fourth-order valence-corrected chi connectivity index (χ4v) is 6.35. The van der Waals surface area contributed by atoms with Gasteiger partial charge in [-0.05, 0) is 48.6 Å². The molecule has 1 saturated heterocycles. The van der Waals surface area contributed by atoms with Gasteiger partial charge in [0, 0.05) is 17.8 Å². The Morgan fingerprint density at radius 2 is 1.64 bits per heavy atom. The zero-order valence-corrected chi connectivity index (χ0v) is 20.0. The van der Waals surface area contributed by atoms with E-state index in [1.54, 1.807) is 0 Å². The Morgan fingerprint density at radius 1 is 1.03 bits per heavy atom. The molecule has 0 spiro atoms. The van der Waals surface area contributed by atoms with Gasteiger partial charge in [-0.1, -0.05) is 6.07 Å². The molecule has 2 saturated carbocycles. The molecule has 2 aromatic rings. The zero-order valence-electron chi connectivity index (χ0n) is 18.5. The van der Waals surface area contributed by atoms with Crippen LogP contribution in [-0.2, 0) is 19.1 Å². The number of non-ortho nitro benzene ring substituents is 1. The minimum atomic E-state index is -0.792. The molecule has 2 aromatic carbocycles. The molecular formula is C24H19Cl2N3O7. The lowest BCUT2D eigenvalue weighted by Gasteiger charge is -2.28. The summed E-state index contributed by atoms with van der Waals surface area (Å²) in [7, 11) is 0. The van der Waals surface area contributed by atoms with Gasteiger partial charge in [0.05, 0.1) is 38.8 Å². The number of benzene rings is 2. The van der Waals surface area contributed by atoms with E-state index >= 15 is 0 Å². The SMILES string of the molecule is O=C(COC(=O)c1ccc(N2C(=O)[C@@H]3[C@H]4C[C@@H]([C@H](Cl)[C@H]4Cl)[C@H]3C2=O)cc1)Nc1cccc([N+](=O)[O-])c1. The molecule has 1 heterocycles. The number of amides is 3. The largest absolute Gasteiger partial charge is 0.452 e. The first-order chi connectivity index (χ1) is 17.2. The van der Waals surface area contributed by atoms with Gasteiger partial charge < -0.3 is 10.1 Å². The molecule has 6 atom stereocenters. The number of imide groups is 1. The number of carbonyl (C=O) groups is 4. The first kappa shape index (κ1) is 24.2. The number of rotatable bonds is 6. The average Bonchev–Trinajstić information content (AvgIpc) is 3.47. The molecular weight excluding hydrogens is 513 g/mol. The van der Waals surface area contributed by atoms with Crippen LogP contribution in [0.5, 0.6) is 0 Å². The number of fused-ring (bicyclic) bond motifs is 5. The summed E-state index contributed by atoms with van der Waals surface area (Å²) in [4.78, 5) is 62.0. The summed E-state index contributed by atoms with van der Waals surface area (Å²) in [6, 6.07) is 11.1. The highest BCUT2D eigenvalue weighted by atomic mass is 35.5. The van der Waals surface area contributed by atoms with Crippen molar-refractivity contribution < 1.29 is 28.8 Å². The molecule has 0 radical (unpaired) electrons. The van der Waals surface area contributed by atoms with Crippen molar-refractivity contribution in [2.75, 3.05) is 16.8 Å². The number of nitro benzene ring substituents is 1. The summed E-state index contributed by atoms with van der Waals surface area (Å²) in [5.74, 6) is -3.30.